The van der Waals surface area contributed by atoms with Gasteiger partial charge in [0.2, 0.25) is 5.91 Å². The first-order valence-electron chi connectivity index (χ1n) is 17.5. The molecule has 1 heterocycles. The number of anilines is 1. The number of carbonyl (C=O) groups excluding carboxylic acids is 2. The minimum Gasteiger partial charge on any atom is -0.497 e. The Bertz CT molecular complexity index is 1590. The Hall–Kier alpha value is -3.12. The van der Waals surface area contributed by atoms with Crippen LogP contribution < -0.4 is 10.2 Å². The summed E-state index contributed by atoms with van der Waals surface area (Å²) < 4.78 is 11.7. The molecule has 0 spiro atoms. The van der Waals surface area contributed by atoms with Crippen molar-refractivity contribution in [3.63, 3.8) is 0 Å². The third kappa shape index (κ3) is 12.2. The van der Waals surface area contributed by atoms with Crippen molar-refractivity contribution in [2.75, 3.05) is 44.1 Å². The van der Waals surface area contributed by atoms with Crippen molar-refractivity contribution in [1.82, 2.24) is 5.32 Å². The highest BCUT2D eigenvalue weighted by Crippen LogP contribution is 2.43. The quantitative estimate of drug-likeness (QED) is 0.0722. The summed E-state index contributed by atoms with van der Waals surface area (Å²) in [4.78, 5) is 29.1. The fourth-order valence-electron chi connectivity index (χ4n) is 5.25. The lowest BCUT2D eigenvalue weighted by Crippen LogP contribution is -2.47. The molecule has 0 bridgehead atoms. The largest absolute Gasteiger partial charge is 0.497 e. The van der Waals surface area contributed by atoms with Crippen molar-refractivity contribution >= 4 is 50.4 Å². The van der Waals surface area contributed by atoms with Gasteiger partial charge in [0.25, 0.3) is 5.91 Å². The van der Waals surface area contributed by atoms with Gasteiger partial charge >= 0.3 is 0 Å². The van der Waals surface area contributed by atoms with Gasteiger partial charge in [0, 0.05) is 48.1 Å². The van der Waals surface area contributed by atoms with Gasteiger partial charge in [-0.2, -0.15) is 10.2 Å². The SMILES string of the molecule is C=C(OCCSSC(C)(C)COC(C)(C)C(=O)NCCC(=O)N1Cc2ccccc2/C(CC(C)(C)CO)=C(/N=N\C)c2ccccc21)C(C)(C)C. The van der Waals surface area contributed by atoms with Crippen molar-refractivity contribution in [2.24, 2.45) is 21.1 Å². The van der Waals surface area contributed by atoms with E-state index in [4.69, 9.17) is 9.47 Å². The summed E-state index contributed by atoms with van der Waals surface area (Å²) in [5.41, 5.74) is 3.52. The van der Waals surface area contributed by atoms with Crippen LogP contribution in [0.2, 0.25) is 0 Å². The average molecular weight is 739 g/mol. The van der Waals surface area contributed by atoms with Crippen molar-refractivity contribution < 1.29 is 24.2 Å². The molecule has 2 N–H and O–H groups in total. The van der Waals surface area contributed by atoms with Gasteiger partial charge in [0.1, 0.15) is 5.60 Å². The lowest BCUT2D eigenvalue weighted by Gasteiger charge is -2.32. The van der Waals surface area contributed by atoms with Crippen LogP contribution in [0.3, 0.4) is 0 Å². The molecule has 280 valence electrons. The predicted octanol–water partition coefficient (Wildman–Crippen LogP) is 8.93. The fraction of sp³-hybridized carbons (Fsp3) is 0.550. The predicted molar refractivity (Wildman–Crippen MR) is 213 cm³/mol. The molecule has 0 fully saturated rings. The highest BCUT2D eigenvalue weighted by molar-refractivity contribution is 8.77. The Labute approximate surface area is 313 Å². The van der Waals surface area contributed by atoms with Gasteiger partial charge < -0.3 is 24.8 Å². The van der Waals surface area contributed by atoms with Crippen molar-refractivity contribution in [2.45, 2.75) is 92.0 Å². The van der Waals surface area contributed by atoms with Gasteiger partial charge in [-0.25, -0.2) is 0 Å². The Morgan fingerprint density at radius 1 is 0.980 bits per heavy atom. The first-order valence-corrected chi connectivity index (χ1v) is 19.8. The number of fused-ring (bicyclic) bond motifs is 2. The number of carbonyl (C=O) groups is 2. The van der Waals surface area contributed by atoms with E-state index >= 15 is 0 Å². The lowest BCUT2D eigenvalue weighted by atomic mass is 9.80. The lowest BCUT2D eigenvalue weighted by molar-refractivity contribution is -0.143. The van der Waals surface area contributed by atoms with Crippen molar-refractivity contribution in [3.05, 3.63) is 77.6 Å². The second-order valence-electron chi connectivity index (χ2n) is 15.8. The minimum atomic E-state index is -1.09. The monoisotopic (exact) mass is 738 g/mol. The topological polar surface area (TPSA) is 113 Å². The van der Waals surface area contributed by atoms with Gasteiger partial charge in [0.15, 0.2) is 0 Å². The number of aliphatic hydroxyl groups is 1. The number of azo groups is 1. The molecule has 0 unspecified atom stereocenters. The molecule has 0 aromatic heterocycles. The molecule has 2 aromatic rings. The highest BCUT2D eigenvalue weighted by Gasteiger charge is 2.33. The summed E-state index contributed by atoms with van der Waals surface area (Å²) in [7, 11) is 5.04. The number of nitrogens with zero attached hydrogens (tertiary/aromatic N) is 3. The molecule has 2 amide bonds. The van der Waals surface area contributed by atoms with E-state index in [0.717, 1.165) is 39.5 Å². The number of benzene rings is 2. The van der Waals surface area contributed by atoms with Gasteiger partial charge in [-0.1, -0.05) is 105 Å². The second-order valence-corrected chi connectivity index (χ2v) is 18.9. The molecule has 9 nitrogen and oxygen atoms in total. The van der Waals surface area contributed by atoms with Gasteiger partial charge in [-0.15, -0.1) is 0 Å². The molecule has 0 aliphatic carbocycles. The van der Waals surface area contributed by atoms with Crippen molar-refractivity contribution in [1.29, 1.82) is 0 Å². The summed E-state index contributed by atoms with van der Waals surface area (Å²) in [6, 6.07) is 15.7. The molecule has 51 heavy (non-hydrogen) atoms. The average Bonchev–Trinajstić information content (AvgIpc) is 3.07. The minimum absolute atomic E-state index is 0.00966. The standard InChI is InChI=1S/C40H58N4O5S2/c1-28(37(2,3)4)48-22-23-50-51-39(7,8)27-49-40(9,10)36(47)42-21-20-34(46)44-25-29-16-12-13-17-30(29)32(24-38(5,6)26-45)35(43-41-11)31-18-14-15-19-33(31)44/h12-19,45H,1,20-27H2,2-11H3,(H,42,47)/b35-32+,43-41-. The van der Waals surface area contributed by atoms with Crippen LogP contribution in [-0.2, 0) is 25.6 Å². The molecule has 1 aliphatic heterocycles. The van der Waals surface area contributed by atoms with Crippen molar-refractivity contribution in [3.8, 4) is 0 Å². The van der Waals surface area contributed by atoms with Crippen LogP contribution in [0.5, 0.6) is 0 Å². The van der Waals surface area contributed by atoms with E-state index in [1.807, 2.05) is 62.4 Å². The Balaban J connectivity index is 1.68. The number of nitrogens with one attached hydrogen (secondary N) is 1. The van der Waals surface area contributed by atoms with E-state index in [1.54, 1.807) is 47.4 Å². The Morgan fingerprint density at radius 3 is 2.27 bits per heavy atom. The number of hydrogen-bond acceptors (Lipinski definition) is 9. The zero-order valence-corrected chi connectivity index (χ0v) is 33.9. The van der Waals surface area contributed by atoms with E-state index in [9.17, 15) is 14.7 Å². The van der Waals surface area contributed by atoms with Crippen LogP contribution in [0, 0.1) is 10.8 Å². The number of rotatable bonds is 17. The number of amides is 2. The molecular weight excluding hydrogens is 681 g/mol. The molecule has 0 atom stereocenters. The van der Waals surface area contributed by atoms with Gasteiger partial charge in [-0.05, 0) is 62.3 Å². The van der Waals surface area contributed by atoms with E-state index in [-0.39, 0.29) is 41.5 Å². The third-order valence-corrected chi connectivity index (χ3v) is 11.7. The van der Waals surface area contributed by atoms with E-state index in [2.05, 4.69) is 56.7 Å². The van der Waals surface area contributed by atoms with Crippen LogP contribution >= 0.6 is 21.6 Å². The molecule has 0 saturated carbocycles. The van der Waals surface area contributed by atoms with Crippen LogP contribution in [0.15, 0.2) is 71.1 Å². The summed E-state index contributed by atoms with van der Waals surface area (Å²) in [5, 5.41) is 21.9. The number of aliphatic hydroxyl groups excluding tert-OH is 1. The maximum absolute atomic E-state index is 14.0. The van der Waals surface area contributed by atoms with E-state index in [1.165, 1.54) is 0 Å². The molecule has 3 rings (SSSR count). The maximum Gasteiger partial charge on any atom is 0.251 e. The molecule has 11 heteroatoms. The Morgan fingerprint density at radius 2 is 1.63 bits per heavy atom. The number of hydrogen-bond donors (Lipinski definition) is 2. The molecule has 0 radical (unpaired) electrons. The number of allylic oxidation sites excluding steroid dienone is 2. The maximum atomic E-state index is 14.0. The van der Waals surface area contributed by atoms with Gasteiger partial charge in [-0.3, -0.25) is 9.59 Å². The molecule has 1 aliphatic rings. The van der Waals surface area contributed by atoms with Gasteiger partial charge in [0.05, 0.1) is 36.9 Å². The number of para-hydroxylation sites is 1. The summed E-state index contributed by atoms with van der Waals surface area (Å²) in [6.07, 6.45) is 0.664. The first-order chi connectivity index (χ1) is 23.8. The normalized spacial score (nSPS) is 15.5. The zero-order chi connectivity index (χ0) is 38.0. The molecule has 0 saturated heterocycles. The van der Waals surface area contributed by atoms with Crippen LogP contribution in [0.25, 0.3) is 11.3 Å². The summed E-state index contributed by atoms with van der Waals surface area (Å²) in [5.74, 6) is 1.17. The Kier molecular flexibility index (Phi) is 15.0. The molecule has 2 aromatic carbocycles. The van der Waals surface area contributed by atoms with Crippen LogP contribution in [-0.4, -0.2) is 66.4 Å². The van der Waals surface area contributed by atoms with Crippen LogP contribution in [0.1, 0.15) is 91.8 Å². The fourth-order valence-corrected chi connectivity index (χ4v) is 7.47. The number of ether oxygens (including phenoxy) is 2. The molecular formula is C40H58N4O5S2. The van der Waals surface area contributed by atoms with Crippen LogP contribution in [0.4, 0.5) is 5.69 Å². The van der Waals surface area contributed by atoms with E-state index in [0.29, 0.717) is 31.9 Å². The summed E-state index contributed by atoms with van der Waals surface area (Å²) >= 11 is 0. The zero-order valence-electron chi connectivity index (χ0n) is 32.2. The highest BCUT2D eigenvalue weighted by atomic mass is 33.1. The van der Waals surface area contributed by atoms with E-state index < -0.39 is 11.0 Å². The smallest absolute Gasteiger partial charge is 0.251 e. The summed E-state index contributed by atoms with van der Waals surface area (Å²) in [6.45, 7) is 23.4. The third-order valence-electron chi connectivity index (χ3n) is 8.51. The first kappa shape index (κ1) is 42.3. The second kappa shape index (κ2) is 18.1.